The molecule has 2 aromatic heterocycles. The minimum Gasteiger partial charge on any atom is -0.317 e. The van der Waals surface area contributed by atoms with Crippen LogP contribution in [0.1, 0.15) is 65.2 Å². The largest absolute Gasteiger partial charge is 0.337 e. The summed E-state index contributed by atoms with van der Waals surface area (Å²) in [5, 5.41) is 0. The normalized spacial score (nSPS) is 14.5. The van der Waals surface area contributed by atoms with E-state index in [4.69, 9.17) is 0 Å². The molecule has 1 aliphatic carbocycles. The number of benzene rings is 2. The van der Waals surface area contributed by atoms with Gasteiger partial charge in [0.05, 0.1) is 18.6 Å². The molecule has 2 aromatic carbocycles. The van der Waals surface area contributed by atoms with Gasteiger partial charge in [-0.05, 0) is 50.8 Å². The summed E-state index contributed by atoms with van der Waals surface area (Å²) in [6, 6.07) is 13.2. The van der Waals surface area contributed by atoms with Gasteiger partial charge < -0.3 is 4.57 Å². The number of Topliss-reactive ketones (excluding diaryl/α,β-unsaturated/α-hetero) is 1. The number of hydrogen-bond acceptors (Lipinski definition) is 4. The molecule has 0 spiro atoms. The number of ketones is 1. The van der Waals surface area contributed by atoms with E-state index in [9.17, 15) is 14.4 Å². The first kappa shape index (κ1) is 23.0. The van der Waals surface area contributed by atoms with Gasteiger partial charge in [0.25, 0.3) is 5.56 Å². The number of aromatic nitrogens is 4. The average Bonchev–Trinajstić information content (AvgIpc) is 3.24. The Hall–Kier alpha value is -3.74. The Morgan fingerprint density at radius 3 is 2.43 bits per heavy atom. The van der Waals surface area contributed by atoms with E-state index < -0.39 is 0 Å². The van der Waals surface area contributed by atoms with Crippen LogP contribution in [-0.4, -0.2) is 24.5 Å². The molecule has 0 radical (unpaired) electrons. The number of rotatable bonds is 5. The molecule has 180 valence electrons. The fourth-order valence-electron chi connectivity index (χ4n) is 5.33. The highest BCUT2D eigenvalue weighted by molar-refractivity contribution is 5.98. The molecule has 35 heavy (non-hydrogen) atoms. The quantitative estimate of drug-likeness (QED) is 0.397. The second-order valence-electron chi connectivity index (χ2n) is 9.66. The molecule has 1 saturated carbocycles. The third-order valence-corrected chi connectivity index (χ3v) is 7.14. The highest BCUT2D eigenvalue weighted by Gasteiger charge is 2.26. The van der Waals surface area contributed by atoms with E-state index >= 15 is 0 Å². The van der Waals surface area contributed by atoms with E-state index in [1.165, 1.54) is 10.9 Å². The Morgan fingerprint density at radius 2 is 1.71 bits per heavy atom. The van der Waals surface area contributed by atoms with Crippen molar-refractivity contribution in [1.29, 1.82) is 0 Å². The summed E-state index contributed by atoms with van der Waals surface area (Å²) in [5.41, 5.74) is 4.05. The lowest BCUT2D eigenvalue weighted by atomic mass is 9.95. The van der Waals surface area contributed by atoms with Gasteiger partial charge in [-0.25, -0.2) is 14.3 Å². The van der Waals surface area contributed by atoms with Crippen molar-refractivity contribution in [3.05, 3.63) is 91.9 Å². The van der Waals surface area contributed by atoms with Crippen molar-refractivity contribution < 1.29 is 4.79 Å². The summed E-state index contributed by atoms with van der Waals surface area (Å²) >= 11 is 0. The first-order valence-corrected chi connectivity index (χ1v) is 12.3. The number of nitrogens with zero attached hydrogens (tertiary/aromatic N) is 4. The summed E-state index contributed by atoms with van der Waals surface area (Å²) in [5.74, 6) is -0.0981. The molecule has 5 rings (SSSR count). The molecule has 7 nitrogen and oxygen atoms in total. The lowest BCUT2D eigenvalue weighted by Crippen LogP contribution is -2.43. The molecule has 0 N–H and O–H groups in total. The fourth-order valence-corrected chi connectivity index (χ4v) is 5.33. The number of aryl methyl sites for hydroxylation is 3. The number of hydrogen-bond donors (Lipinski definition) is 0. The van der Waals surface area contributed by atoms with E-state index in [-0.39, 0.29) is 40.8 Å². The molecular weight excluding hydrogens is 440 g/mol. The van der Waals surface area contributed by atoms with Crippen LogP contribution in [0.25, 0.3) is 16.9 Å². The molecule has 4 aromatic rings. The molecular formula is C28H30N4O3. The minimum absolute atomic E-state index is 0.0215. The maximum atomic E-state index is 13.8. The van der Waals surface area contributed by atoms with Gasteiger partial charge in [0.2, 0.25) is 0 Å². The van der Waals surface area contributed by atoms with Gasteiger partial charge in [-0.1, -0.05) is 61.2 Å². The van der Waals surface area contributed by atoms with E-state index in [1.807, 2.05) is 63.2 Å². The maximum absolute atomic E-state index is 13.8. The Balaban J connectivity index is 1.72. The highest BCUT2D eigenvalue weighted by atomic mass is 16.2. The first-order valence-electron chi connectivity index (χ1n) is 12.3. The molecule has 1 aliphatic rings. The molecule has 0 bridgehead atoms. The Morgan fingerprint density at radius 1 is 0.971 bits per heavy atom. The van der Waals surface area contributed by atoms with Crippen molar-refractivity contribution in [3.63, 3.8) is 0 Å². The van der Waals surface area contributed by atoms with Gasteiger partial charge in [-0.2, -0.15) is 0 Å². The smallest absolute Gasteiger partial charge is 0.317 e. The second-order valence-corrected chi connectivity index (χ2v) is 9.66. The molecule has 0 aliphatic heterocycles. The summed E-state index contributed by atoms with van der Waals surface area (Å²) < 4.78 is 4.55. The lowest BCUT2D eigenvalue weighted by molar-refractivity contribution is 0.0972. The molecule has 2 heterocycles. The predicted molar refractivity (Wildman–Crippen MR) is 137 cm³/mol. The number of para-hydroxylation sites is 1. The van der Waals surface area contributed by atoms with Crippen LogP contribution in [0, 0.1) is 20.8 Å². The van der Waals surface area contributed by atoms with Crippen LogP contribution in [0.3, 0.4) is 0 Å². The standard InChI is InChI=1S/C28H30N4O3/c1-18-13-14-22(20(3)15-18)24(33)16-30-17-29-26-25(30)27(34)31(21-10-5-4-6-11-21)28(35)32(26)23-12-8-7-9-19(23)2/h7-9,12-15,17,21H,4-6,10-11,16H2,1-3H3. The minimum atomic E-state index is -0.368. The third kappa shape index (κ3) is 4.05. The van der Waals surface area contributed by atoms with E-state index in [0.717, 1.165) is 48.8 Å². The van der Waals surface area contributed by atoms with Crippen molar-refractivity contribution in [2.24, 2.45) is 0 Å². The Labute approximate surface area is 203 Å². The molecule has 0 saturated heterocycles. The fraction of sp³-hybridized carbons (Fsp3) is 0.357. The van der Waals surface area contributed by atoms with Gasteiger partial charge >= 0.3 is 5.69 Å². The molecule has 0 atom stereocenters. The van der Waals surface area contributed by atoms with Gasteiger partial charge in [0, 0.05) is 11.6 Å². The SMILES string of the molecule is Cc1ccc(C(=O)Cn2cnc3c2c(=O)n(C2CCCCC2)c(=O)n3-c2ccccc2C)c(C)c1. The Bertz CT molecular complexity index is 1550. The Kier molecular flexibility index (Phi) is 6.01. The maximum Gasteiger partial charge on any atom is 0.337 e. The van der Waals surface area contributed by atoms with Crippen LogP contribution < -0.4 is 11.2 Å². The zero-order chi connectivity index (χ0) is 24.7. The average molecular weight is 471 g/mol. The number of carbonyl (C=O) groups excluding carboxylic acids is 1. The van der Waals surface area contributed by atoms with E-state index in [1.54, 1.807) is 9.13 Å². The number of carbonyl (C=O) groups is 1. The van der Waals surface area contributed by atoms with Crippen molar-refractivity contribution in [3.8, 4) is 5.69 Å². The van der Waals surface area contributed by atoms with Crippen LogP contribution >= 0.6 is 0 Å². The van der Waals surface area contributed by atoms with Gasteiger partial charge in [0.15, 0.2) is 16.9 Å². The second kappa shape index (κ2) is 9.13. The van der Waals surface area contributed by atoms with Gasteiger partial charge in [0.1, 0.15) is 0 Å². The summed E-state index contributed by atoms with van der Waals surface area (Å²) in [6.07, 6.45) is 6.19. The van der Waals surface area contributed by atoms with Gasteiger partial charge in [-0.3, -0.25) is 14.2 Å². The topological polar surface area (TPSA) is 78.9 Å². The van der Waals surface area contributed by atoms with Crippen LogP contribution in [0.5, 0.6) is 0 Å². The molecule has 7 heteroatoms. The third-order valence-electron chi connectivity index (χ3n) is 7.14. The lowest BCUT2D eigenvalue weighted by Gasteiger charge is -2.24. The van der Waals surface area contributed by atoms with Crippen molar-refractivity contribution in [2.45, 2.75) is 65.5 Å². The first-order chi connectivity index (χ1) is 16.9. The highest BCUT2D eigenvalue weighted by Crippen LogP contribution is 2.27. The van der Waals surface area contributed by atoms with Crippen LogP contribution in [0.2, 0.25) is 0 Å². The molecule has 1 fully saturated rings. The zero-order valence-corrected chi connectivity index (χ0v) is 20.5. The van der Waals surface area contributed by atoms with E-state index in [0.29, 0.717) is 11.3 Å². The molecule has 0 amide bonds. The summed E-state index contributed by atoms with van der Waals surface area (Å²) in [6.45, 7) is 5.82. The predicted octanol–water partition coefficient (Wildman–Crippen LogP) is 4.66. The zero-order valence-electron chi connectivity index (χ0n) is 20.5. The number of imidazole rings is 1. The molecule has 0 unspecified atom stereocenters. The number of fused-ring (bicyclic) bond motifs is 1. The van der Waals surface area contributed by atoms with E-state index in [2.05, 4.69) is 4.98 Å². The van der Waals surface area contributed by atoms with Crippen LogP contribution in [-0.2, 0) is 6.54 Å². The summed E-state index contributed by atoms with van der Waals surface area (Å²) in [4.78, 5) is 45.3. The van der Waals surface area contributed by atoms with Crippen molar-refractivity contribution >= 4 is 16.9 Å². The van der Waals surface area contributed by atoms with Crippen LogP contribution in [0.4, 0.5) is 0 Å². The van der Waals surface area contributed by atoms with Gasteiger partial charge in [-0.15, -0.1) is 0 Å². The summed E-state index contributed by atoms with van der Waals surface area (Å²) in [7, 11) is 0. The van der Waals surface area contributed by atoms with Crippen molar-refractivity contribution in [2.75, 3.05) is 0 Å². The monoisotopic (exact) mass is 470 g/mol. The van der Waals surface area contributed by atoms with Crippen molar-refractivity contribution in [1.82, 2.24) is 18.7 Å². The van der Waals surface area contributed by atoms with Crippen LogP contribution in [0.15, 0.2) is 58.4 Å².